The Hall–Kier alpha value is -3.17. The lowest BCUT2D eigenvalue weighted by Crippen LogP contribution is -2.23. The van der Waals surface area contributed by atoms with Crippen molar-refractivity contribution in [3.63, 3.8) is 0 Å². The molecule has 9 heteroatoms. The number of nitrogens with one attached hydrogen (secondary N) is 2. The molecule has 8 nitrogen and oxygen atoms in total. The Labute approximate surface area is 181 Å². The predicted octanol–water partition coefficient (Wildman–Crippen LogP) is 2.85. The summed E-state index contributed by atoms with van der Waals surface area (Å²) >= 11 is 0. The predicted molar refractivity (Wildman–Crippen MR) is 116 cm³/mol. The minimum Gasteiger partial charge on any atom is -0.489 e. The molecule has 31 heavy (non-hydrogen) atoms. The Morgan fingerprint density at radius 2 is 1.81 bits per heavy atom. The number of benzene rings is 2. The smallest absolute Gasteiger partial charge is 0.251 e. The van der Waals surface area contributed by atoms with E-state index in [1.165, 1.54) is 7.05 Å². The number of carbonyl (C=O) groups excluding carboxylic acids is 1. The molecule has 0 saturated heterocycles. The lowest BCUT2D eigenvalue weighted by molar-refractivity contribution is 0.0950. The molecule has 2 N–H and O–H groups in total. The van der Waals surface area contributed by atoms with Crippen molar-refractivity contribution in [2.45, 2.75) is 32.8 Å². The summed E-state index contributed by atoms with van der Waals surface area (Å²) in [7, 11) is -1.93. The summed E-state index contributed by atoms with van der Waals surface area (Å²) in [5.74, 6) is 0.963. The number of nitrogens with zero attached hydrogens (tertiary/aromatic N) is 1. The number of hydrogen-bond donors (Lipinski definition) is 2. The lowest BCUT2D eigenvalue weighted by atomic mass is 10.1. The maximum atomic E-state index is 12.5. The van der Waals surface area contributed by atoms with Gasteiger partial charge in [0.1, 0.15) is 18.1 Å². The van der Waals surface area contributed by atoms with Gasteiger partial charge in [-0.25, -0.2) is 13.1 Å². The molecule has 0 radical (unpaired) electrons. The molecule has 0 aliphatic heterocycles. The Kier molecular flexibility index (Phi) is 7.09. The fourth-order valence-corrected chi connectivity index (χ4v) is 3.70. The van der Waals surface area contributed by atoms with E-state index in [0.29, 0.717) is 35.8 Å². The van der Waals surface area contributed by atoms with Gasteiger partial charge in [-0.15, -0.1) is 0 Å². The van der Waals surface area contributed by atoms with Crippen molar-refractivity contribution in [3.8, 4) is 5.75 Å². The van der Waals surface area contributed by atoms with Crippen molar-refractivity contribution in [3.05, 3.63) is 82.2 Å². The summed E-state index contributed by atoms with van der Waals surface area (Å²) in [5.41, 5.74) is 3.69. The third kappa shape index (κ3) is 6.16. The molecular weight excluding hydrogens is 418 g/mol. The van der Waals surface area contributed by atoms with Crippen LogP contribution in [0.15, 0.2) is 53.1 Å². The Morgan fingerprint density at radius 1 is 1.10 bits per heavy atom. The first-order chi connectivity index (χ1) is 14.8. The Bertz CT molecular complexity index is 1130. The molecule has 1 heterocycles. The highest BCUT2D eigenvalue weighted by Crippen LogP contribution is 2.18. The number of aryl methyl sites for hydroxylation is 2. The maximum absolute atomic E-state index is 12.5. The van der Waals surface area contributed by atoms with Crippen LogP contribution in [0.3, 0.4) is 0 Å². The fraction of sp³-hybridized carbons (Fsp3) is 0.273. The van der Waals surface area contributed by atoms with E-state index in [1.54, 1.807) is 48.5 Å². The van der Waals surface area contributed by atoms with Crippen LogP contribution in [0.5, 0.6) is 5.75 Å². The molecule has 0 aliphatic rings. The summed E-state index contributed by atoms with van der Waals surface area (Å²) in [6.45, 7) is 4.31. The van der Waals surface area contributed by atoms with Crippen LogP contribution < -0.4 is 14.8 Å². The van der Waals surface area contributed by atoms with E-state index in [0.717, 1.165) is 16.8 Å². The Balaban J connectivity index is 1.56. The number of ether oxygens (including phenoxy) is 1. The van der Waals surface area contributed by atoms with Gasteiger partial charge in [0.05, 0.1) is 17.0 Å². The van der Waals surface area contributed by atoms with E-state index in [9.17, 15) is 13.2 Å². The van der Waals surface area contributed by atoms with Gasteiger partial charge in [-0.3, -0.25) is 4.79 Å². The van der Waals surface area contributed by atoms with Crippen LogP contribution in [0.25, 0.3) is 0 Å². The van der Waals surface area contributed by atoms with Crippen molar-refractivity contribution >= 4 is 15.9 Å². The van der Waals surface area contributed by atoms with Gasteiger partial charge in [-0.2, -0.15) is 0 Å². The normalized spacial score (nSPS) is 11.3. The Morgan fingerprint density at radius 3 is 2.45 bits per heavy atom. The second-order valence-electron chi connectivity index (χ2n) is 7.08. The number of rotatable bonds is 9. The molecule has 0 atom stereocenters. The van der Waals surface area contributed by atoms with Gasteiger partial charge in [0.2, 0.25) is 10.0 Å². The van der Waals surface area contributed by atoms with Crippen molar-refractivity contribution in [1.82, 2.24) is 15.2 Å². The van der Waals surface area contributed by atoms with Gasteiger partial charge >= 0.3 is 0 Å². The zero-order valence-electron chi connectivity index (χ0n) is 17.6. The molecule has 164 valence electrons. The van der Waals surface area contributed by atoms with E-state index < -0.39 is 10.0 Å². The first-order valence-corrected chi connectivity index (χ1v) is 11.3. The van der Waals surface area contributed by atoms with Crippen LogP contribution in [-0.2, 0) is 28.9 Å². The monoisotopic (exact) mass is 443 g/mol. The molecule has 1 amide bonds. The molecular formula is C22H25N3O5S. The molecule has 3 aromatic rings. The molecule has 0 bridgehead atoms. The molecule has 0 saturated carbocycles. The van der Waals surface area contributed by atoms with Gasteiger partial charge < -0.3 is 14.6 Å². The molecule has 0 aliphatic carbocycles. The van der Waals surface area contributed by atoms with Crippen LogP contribution in [0.2, 0.25) is 0 Å². The van der Waals surface area contributed by atoms with E-state index in [1.807, 2.05) is 13.8 Å². The van der Waals surface area contributed by atoms with Gasteiger partial charge in [0, 0.05) is 12.1 Å². The van der Waals surface area contributed by atoms with Crippen LogP contribution >= 0.6 is 0 Å². The molecule has 3 rings (SSSR count). The quantitative estimate of drug-likeness (QED) is 0.526. The van der Waals surface area contributed by atoms with Crippen LogP contribution in [0.1, 0.15) is 38.5 Å². The number of sulfonamides is 1. The minimum atomic E-state index is -3.32. The zero-order chi connectivity index (χ0) is 22.4. The van der Waals surface area contributed by atoms with Gasteiger partial charge in [-0.1, -0.05) is 35.5 Å². The topological polar surface area (TPSA) is 111 Å². The van der Waals surface area contributed by atoms with Gasteiger partial charge in [0.15, 0.2) is 0 Å². The maximum Gasteiger partial charge on any atom is 0.251 e. The third-order valence-corrected chi connectivity index (χ3v) is 6.14. The van der Waals surface area contributed by atoms with Crippen molar-refractivity contribution in [1.29, 1.82) is 0 Å². The van der Waals surface area contributed by atoms with Crippen LogP contribution in [-0.4, -0.2) is 26.5 Å². The summed E-state index contributed by atoms with van der Waals surface area (Å²) in [4.78, 5) is 12.5. The summed E-state index contributed by atoms with van der Waals surface area (Å²) < 4.78 is 36.4. The highest BCUT2D eigenvalue weighted by Gasteiger charge is 2.12. The van der Waals surface area contributed by atoms with Crippen molar-refractivity contribution in [2.75, 3.05) is 7.05 Å². The standard InChI is InChI=1S/C22H25N3O5S/c1-15-21(16(2)30-25-15)13-29-20-6-4-5-19(11-20)22(26)24-12-17-7-9-18(10-8-17)14-31(27,28)23-3/h4-11,23H,12-14H2,1-3H3,(H,24,26). The molecule has 1 aromatic heterocycles. The van der Waals surface area contributed by atoms with Crippen molar-refractivity contribution < 1.29 is 22.5 Å². The first kappa shape index (κ1) is 22.5. The molecule has 0 unspecified atom stereocenters. The van der Waals surface area contributed by atoms with Crippen molar-refractivity contribution in [2.24, 2.45) is 0 Å². The number of carbonyl (C=O) groups is 1. The fourth-order valence-electron chi connectivity index (χ4n) is 2.92. The highest BCUT2D eigenvalue weighted by molar-refractivity contribution is 7.88. The summed E-state index contributed by atoms with van der Waals surface area (Å²) in [5, 5.41) is 6.76. The second kappa shape index (κ2) is 9.76. The minimum absolute atomic E-state index is 0.0864. The number of aromatic nitrogens is 1. The van der Waals surface area contributed by atoms with Gasteiger partial charge in [-0.05, 0) is 50.2 Å². The van der Waals surface area contributed by atoms with E-state index in [-0.39, 0.29) is 11.7 Å². The zero-order valence-corrected chi connectivity index (χ0v) is 18.5. The number of amides is 1. The first-order valence-electron chi connectivity index (χ1n) is 9.69. The third-order valence-electron chi connectivity index (χ3n) is 4.80. The summed E-state index contributed by atoms with van der Waals surface area (Å²) in [6.07, 6.45) is 0. The average molecular weight is 444 g/mol. The largest absolute Gasteiger partial charge is 0.489 e. The molecule has 2 aromatic carbocycles. The van der Waals surface area contributed by atoms with Crippen LogP contribution in [0.4, 0.5) is 0 Å². The van der Waals surface area contributed by atoms with E-state index in [4.69, 9.17) is 9.26 Å². The van der Waals surface area contributed by atoms with Crippen LogP contribution in [0, 0.1) is 13.8 Å². The second-order valence-corrected chi connectivity index (χ2v) is 9.01. The SMILES string of the molecule is CNS(=O)(=O)Cc1ccc(CNC(=O)c2cccc(OCc3c(C)noc3C)c2)cc1. The average Bonchev–Trinajstić information content (AvgIpc) is 3.09. The highest BCUT2D eigenvalue weighted by atomic mass is 32.2. The summed E-state index contributed by atoms with van der Waals surface area (Å²) in [6, 6.07) is 14.0. The van der Waals surface area contributed by atoms with E-state index >= 15 is 0 Å². The molecule has 0 spiro atoms. The molecule has 0 fully saturated rings. The number of hydrogen-bond acceptors (Lipinski definition) is 6. The lowest BCUT2D eigenvalue weighted by Gasteiger charge is -2.09. The van der Waals surface area contributed by atoms with Gasteiger partial charge in [0.25, 0.3) is 5.91 Å². The van der Waals surface area contributed by atoms with E-state index in [2.05, 4.69) is 15.2 Å².